The first-order chi connectivity index (χ1) is 28.2. The SMILES string of the molecule is c1ccc(-c2ccc3sc4c(-c5cccc6oc7ccc(-c8cccc(-c9ccc%10oc%11ccccc%11c%10c9)c8)cc7c56)nc(-c5ccccc5)nc4c3c2)cc1. The van der Waals surface area contributed by atoms with E-state index in [1.54, 1.807) is 11.3 Å². The van der Waals surface area contributed by atoms with Crippen LogP contribution in [0.25, 0.3) is 120 Å². The van der Waals surface area contributed by atoms with Crippen LogP contribution in [0.15, 0.2) is 191 Å². The summed E-state index contributed by atoms with van der Waals surface area (Å²) in [5.74, 6) is 0.701. The lowest BCUT2D eigenvalue weighted by molar-refractivity contribution is 0.668. The Morgan fingerprint density at radius 1 is 0.368 bits per heavy atom. The maximum atomic E-state index is 6.57. The monoisotopic (exact) mass is 746 g/mol. The molecule has 0 aliphatic rings. The Hall–Kier alpha value is -7.34. The number of benzene rings is 8. The van der Waals surface area contributed by atoms with Gasteiger partial charge in [-0.05, 0) is 88.0 Å². The maximum absolute atomic E-state index is 6.57. The van der Waals surface area contributed by atoms with Crippen molar-refractivity contribution >= 4 is 75.5 Å². The molecule has 0 radical (unpaired) electrons. The third-order valence-corrected chi connectivity index (χ3v) is 12.3. The molecule has 266 valence electrons. The molecule has 0 aliphatic heterocycles. The molecule has 4 aromatic heterocycles. The highest BCUT2D eigenvalue weighted by Gasteiger charge is 2.21. The zero-order chi connectivity index (χ0) is 37.5. The van der Waals surface area contributed by atoms with Crippen molar-refractivity contribution in [2.45, 2.75) is 0 Å². The lowest BCUT2D eigenvalue weighted by Gasteiger charge is -2.09. The van der Waals surface area contributed by atoms with Gasteiger partial charge in [0.25, 0.3) is 0 Å². The van der Waals surface area contributed by atoms with Crippen LogP contribution in [0.2, 0.25) is 0 Å². The van der Waals surface area contributed by atoms with Crippen molar-refractivity contribution < 1.29 is 8.83 Å². The summed E-state index contributed by atoms with van der Waals surface area (Å²) >= 11 is 1.75. The van der Waals surface area contributed by atoms with E-state index >= 15 is 0 Å². The molecule has 12 aromatic rings. The molecule has 4 nitrogen and oxygen atoms in total. The molecule has 4 heterocycles. The Bertz CT molecular complexity index is 3520. The predicted molar refractivity (Wildman–Crippen MR) is 237 cm³/mol. The lowest BCUT2D eigenvalue weighted by atomic mass is 9.96. The fourth-order valence-electron chi connectivity index (χ4n) is 8.34. The second-order valence-electron chi connectivity index (χ2n) is 14.5. The van der Waals surface area contributed by atoms with Crippen LogP contribution < -0.4 is 0 Å². The summed E-state index contributed by atoms with van der Waals surface area (Å²) in [5.41, 5.74) is 14.2. The van der Waals surface area contributed by atoms with Crippen LogP contribution in [-0.4, -0.2) is 9.97 Å². The van der Waals surface area contributed by atoms with Crippen LogP contribution in [0.4, 0.5) is 0 Å². The predicted octanol–water partition coefficient (Wildman–Crippen LogP) is 15.0. The molecule has 0 bridgehead atoms. The van der Waals surface area contributed by atoms with Crippen molar-refractivity contribution in [3.8, 4) is 56.0 Å². The molecule has 0 saturated carbocycles. The van der Waals surface area contributed by atoms with Gasteiger partial charge in [-0.25, -0.2) is 9.97 Å². The van der Waals surface area contributed by atoms with E-state index in [2.05, 4.69) is 152 Å². The molecule has 0 atom stereocenters. The zero-order valence-corrected chi connectivity index (χ0v) is 31.3. The first-order valence-electron chi connectivity index (χ1n) is 19.0. The van der Waals surface area contributed by atoms with Gasteiger partial charge >= 0.3 is 0 Å². The maximum Gasteiger partial charge on any atom is 0.160 e. The molecule has 0 unspecified atom stereocenters. The van der Waals surface area contributed by atoms with Gasteiger partial charge < -0.3 is 8.83 Å². The van der Waals surface area contributed by atoms with Crippen molar-refractivity contribution in [1.82, 2.24) is 9.97 Å². The normalized spacial score (nSPS) is 11.9. The number of thiophene rings is 1. The fraction of sp³-hybridized carbons (Fsp3) is 0. The number of aromatic nitrogens is 2. The lowest BCUT2D eigenvalue weighted by Crippen LogP contribution is -1.94. The zero-order valence-electron chi connectivity index (χ0n) is 30.4. The molecule has 57 heavy (non-hydrogen) atoms. The summed E-state index contributed by atoms with van der Waals surface area (Å²) in [7, 11) is 0. The minimum absolute atomic E-state index is 0.701. The van der Waals surface area contributed by atoms with E-state index in [0.717, 1.165) is 98.6 Å². The summed E-state index contributed by atoms with van der Waals surface area (Å²) in [6.45, 7) is 0. The van der Waals surface area contributed by atoms with Gasteiger partial charge in [0.2, 0.25) is 0 Å². The topological polar surface area (TPSA) is 52.1 Å². The summed E-state index contributed by atoms with van der Waals surface area (Å²) in [5, 5.41) is 5.48. The van der Waals surface area contributed by atoms with E-state index in [0.29, 0.717) is 5.82 Å². The number of nitrogens with zero attached hydrogens (tertiary/aromatic N) is 2. The molecular formula is C52H30N2O2S. The summed E-state index contributed by atoms with van der Waals surface area (Å²) in [6.07, 6.45) is 0. The first kappa shape index (κ1) is 32.0. The van der Waals surface area contributed by atoms with Gasteiger partial charge in [0.15, 0.2) is 5.82 Å². The van der Waals surface area contributed by atoms with E-state index in [1.807, 2.05) is 30.3 Å². The Labute approximate surface area is 330 Å². The van der Waals surface area contributed by atoms with Crippen molar-refractivity contribution in [2.24, 2.45) is 0 Å². The molecule has 0 N–H and O–H groups in total. The highest BCUT2D eigenvalue weighted by Crippen LogP contribution is 2.45. The molecule has 0 aliphatic carbocycles. The average Bonchev–Trinajstić information content (AvgIpc) is 3.97. The number of furan rings is 2. The van der Waals surface area contributed by atoms with Crippen LogP contribution >= 0.6 is 11.3 Å². The fourth-order valence-corrected chi connectivity index (χ4v) is 9.47. The smallest absolute Gasteiger partial charge is 0.160 e. The number of para-hydroxylation sites is 1. The number of hydrogen-bond acceptors (Lipinski definition) is 5. The number of rotatable bonds is 5. The highest BCUT2D eigenvalue weighted by molar-refractivity contribution is 7.26. The van der Waals surface area contributed by atoms with Gasteiger partial charge in [0.05, 0.1) is 15.9 Å². The van der Waals surface area contributed by atoms with Crippen molar-refractivity contribution in [1.29, 1.82) is 0 Å². The van der Waals surface area contributed by atoms with Crippen LogP contribution in [-0.2, 0) is 0 Å². The highest BCUT2D eigenvalue weighted by atomic mass is 32.1. The van der Waals surface area contributed by atoms with Crippen LogP contribution in [0.5, 0.6) is 0 Å². The summed E-state index contributed by atoms with van der Waals surface area (Å²) in [4.78, 5) is 10.6. The molecule has 0 spiro atoms. The number of hydrogen-bond donors (Lipinski definition) is 0. The molecule has 0 fully saturated rings. The molecule has 5 heteroatoms. The number of fused-ring (bicyclic) bond motifs is 9. The third kappa shape index (κ3) is 5.21. The van der Waals surface area contributed by atoms with Crippen LogP contribution in [0.1, 0.15) is 0 Å². The molecule has 0 saturated heterocycles. The van der Waals surface area contributed by atoms with Gasteiger partial charge in [-0.15, -0.1) is 11.3 Å². The van der Waals surface area contributed by atoms with E-state index < -0.39 is 0 Å². The van der Waals surface area contributed by atoms with Crippen LogP contribution in [0, 0.1) is 0 Å². The van der Waals surface area contributed by atoms with E-state index in [4.69, 9.17) is 18.8 Å². The van der Waals surface area contributed by atoms with E-state index in [1.165, 1.54) is 15.8 Å². The third-order valence-electron chi connectivity index (χ3n) is 11.1. The van der Waals surface area contributed by atoms with E-state index in [9.17, 15) is 0 Å². The van der Waals surface area contributed by atoms with Crippen LogP contribution in [0.3, 0.4) is 0 Å². The molecule has 12 rings (SSSR count). The summed E-state index contributed by atoms with van der Waals surface area (Å²) in [6, 6.07) is 63.8. The van der Waals surface area contributed by atoms with Crippen molar-refractivity contribution in [2.75, 3.05) is 0 Å². The second kappa shape index (κ2) is 12.6. The molecular weight excluding hydrogens is 717 g/mol. The average molecular weight is 747 g/mol. The quantitative estimate of drug-likeness (QED) is 0.176. The van der Waals surface area contributed by atoms with E-state index in [-0.39, 0.29) is 0 Å². The Kier molecular flexibility index (Phi) is 7.06. The Morgan fingerprint density at radius 2 is 0.930 bits per heavy atom. The van der Waals surface area contributed by atoms with Gasteiger partial charge in [-0.3, -0.25) is 0 Å². The van der Waals surface area contributed by atoms with Crippen molar-refractivity contribution in [3.63, 3.8) is 0 Å². The van der Waals surface area contributed by atoms with Gasteiger partial charge in [-0.1, -0.05) is 127 Å². The Morgan fingerprint density at radius 3 is 1.74 bits per heavy atom. The first-order valence-corrected chi connectivity index (χ1v) is 19.9. The van der Waals surface area contributed by atoms with Crippen molar-refractivity contribution in [3.05, 3.63) is 182 Å². The summed E-state index contributed by atoms with van der Waals surface area (Å²) < 4.78 is 14.9. The molecule has 8 aromatic carbocycles. The van der Waals surface area contributed by atoms with Gasteiger partial charge in [0.1, 0.15) is 22.3 Å². The van der Waals surface area contributed by atoms with Gasteiger partial charge in [-0.2, -0.15) is 0 Å². The minimum Gasteiger partial charge on any atom is -0.456 e. The van der Waals surface area contributed by atoms with Gasteiger partial charge in [0, 0.05) is 42.8 Å². The Balaban J connectivity index is 1.04. The molecule has 0 amide bonds. The second-order valence-corrected chi connectivity index (χ2v) is 15.6. The standard InChI is InChI=1S/C52H30N2O2S/c1-3-11-31(12-4-1)35-23-26-47-42(30-35)50-51(57-47)49(53-52(54-50)32-13-5-2-6-14-32)39-18-10-20-46-48(39)41-29-37(22-25-45(41)56-46)34-16-9-15-33(27-34)36-21-24-44-40(28-36)38-17-7-8-19-43(38)55-44/h1-30H. The largest absolute Gasteiger partial charge is 0.456 e. The minimum atomic E-state index is 0.701.